The van der Waals surface area contributed by atoms with E-state index in [2.05, 4.69) is 35.7 Å². The number of allylic oxidation sites excluding steroid dienone is 2. The van der Waals surface area contributed by atoms with Crippen molar-refractivity contribution in [3.8, 4) is 5.75 Å². The molecule has 1 aromatic carbocycles. The first-order valence-electron chi connectivity index (χ1n) is 7.37. The largest absolute Gasteiger partial charge is 0.508 e. The van der Waals surface area contributed by atoms with Crippen LogP contribution in [-0.4, -0.2) is 5.11 Å². The van der Waals surface area contributed by atoms with Crippen LogP contribution in [0.5, 0.6) is 5.75 Å². The van der Waals surface area contributed by atoms with Gasteiger partial charge in [0, 0.05) is 10.8 Å². The van der Waals surface area contributed by atoms with E-state index in [4.69, 9.17) is 0 Å². The Kier molecular flexibility index (Phi) is 2.92. The van der Waals surface area contributed by atoms with Gasteiger partial charge in [-0.3, -0.25) is 0 Å². The molecule has 0 bridgehead atoms. The third-order valence-corrected chi connectivity index (χ3v) is 5.76. The topological polar surface area (TPSA) is 20.2 Å². The fourth-order valence-corrected chi connectivity index (χ4v) is 4.78. The van der Waals surface area contributed by atoms with Crippen LogP contribution < -0.4 is 0 Å². The number of rotatable bonds is 2. The van der Waals surface area contributed by atoms with Crippen LogP contribution in [0.2, 0.25) is 0 Å². The van der Waals surface area contributed by atoms with Crippen LogP contribution >= 0.6 is 11.3 Å². The highest BCUT2D eigenvalue weighted by Gasteiger charge is 2.41. The van der Waals surface area contributed by atoms with E-state index in [0.29, 0.717) is 11.7 Å². The molecule has 1 saturated carbocycles. The van der Waals surface area contributed by atoms with Gasteiger partial charge in [0.1, 0.15) is 5.75 Å². The molecule has 0 amide bonds. The maximum atomic E-state index is 9.52. The van der Waals surface area contributed by atoms with Gasteiger partial charge in [0.15, 0.2) is 0 Å². The van der Waals surface area contributed by atoms with Gasteiger partial charge in [0.25, 0.3) is 0 Å². The van der Waals surface area contributed by atoms with Gasteiger partial charge in [0.05, 0.1) is 0 Å². The van der Waals surface area contributed by atoms with E-state index in [1.807, 2.05) is 23.5 Å². The van der Waals surface area contributed by atoms with Crippen LogP contribution in [0.4, 0.5) is 0 Å². The molecule has 1 nitrogen and oxygen atoms in total. The smallest absolute Gasteiger partial charge is 0.115 e. The summed E-state index contributed by atoms with van der Waals surface area (Å²) in [6, 6.07) is 12.2. The van der Waals surface area contributed by atoms with Crippen molar-refractivity contribution < 1.29 is 5.11 Å². The lowest BCUT2D eigenvalue weighted by atomic mass is 9.82. The zero-order valence-electron chi connectivity index (χ0n) is 11.3. The summed E-state index contributed by atoms with van der Waals surface area (Å²) in [5.74, 6) is 2.39. The Morgan fingerprint density at radius 1 is 1.05 bits per heavy atom. The minimum atomic E-state index is 0.358. The average molecular weight is 282 g/mol. The highest BCUT2D eigenvalue weighted by atomic mass is 32.1. The molecule has 20 heavy (non-hydrogen) atoms. The summed E-state index contributed by atoms with van der Waals surface area (Å²) in [5, 5.41) is 11.7. The Labute approximate surface area is 123 Å². The van der Waals surface area contributed by atoms with E-state index >= 15 is 0 Å². The van der Waals surface area contributed by atoms with Crippen LogP contribution in [-0.2, 0) is 0 Å². The lowest BCUT2D eigenvalue weighted by molar-refractivity contribution is 0.451. The Morgan fingerprint density at radius 2 is 1.90 bits per heavy atom. The molecule has 3 atom stereocenters. The molecule has 0 saturated heterocycles. The van der Waals surface area contributed by atoms with Crippen molar-refractivity contribution in [2.45, 2.75) is 25.2 Å². The average Bonchev–Trinajstić information content (AvgIpc) is 3.15. The molecule has 102 valence electrons. The van der Waals surface area contributed by atoms with Crippen LogP contribution in [0.1, 0.15) is 35.6 Å². The van der Waals surface area contributed by atoms with Gasteiger partial charge in [-0.25, -0.2) is 0 Å². The number of aromatic hydroxyl groups is 1. The molecule has 0 aliphatic heterocycles. The maximum Gasteiger partial charge on any atom is 0.115 e. The van der Waals surface area contributed by atoms with Crippen molar-refractivity contribution in [3.63, 3.8) is 0 Å². The normalized spacial score (nSPS) is 28.4. The van der Waals surface area contributed by atoms with Crippen LogP contribution in [0.25, 0.3) is 5.57 Å². The molecule has 1 heterocycles. The van der Waals surface area contributed by atoms with Gasteiger partial charge in [0.2, 0.25) is 0 Å². The molecule has 2 aromatic rings. The van der Waals surface area contributed by atoms with E-state index in [1.165, 1.54) is 35.3 Å². The number of hydrogen-bond donors (Lipinski definition) is 1. The van der Waals surface area contributed by atoms with Crippen molar-refractivity contribution in [3.05, 3.63) is 58.3 Å². The zero-order valence-corrected chi connectivity index (χ0v) is 12.1. The first-order valence-corrected chi connectivity index (χ1v) is 8.25. The standard InChI is InChI=1S/C18H18OS/c19-14-8-6-12(7-9-14)18-15-4-1-3-13(15)11-16(18)17-5-2-10-20-17/h2,5-11,13,15,18-19H,1,3-4H2. The van der Waals surface area contributed by atoms with Crippen LogP contribution in [0.3, 0.4) is 0 Å². The van der Waals surface area contributed by atoms with Gasteiger partial charge in [-0.05, 0) is 59.4 Å². The lowest BCUT2D eigenvalue weighted by Crippen LogP contribution is -2.10. The summed E-state index contributed by atoms with van der Waals surface area (Å²) in [7, 11) is 0. The van der Waals surface area contributed by atoms with Crippen LogP contribution in [0.15, 0.2) is 47.9 Å². The first kappa shape index (κ1) is 12.2. The number of hydrogen-bond acceptors (Lipinski definition) is 2. The van der Waals surface area contributed by atoms with Gasteiger partial charge < -0.3 is 5.11 Å². The third kappa shape index (κ3) is 1.90. The second-order valence-electron chi connectivity index (χ2n) is 5.93. The molecule has 0 radical (unpaired) electrons. The molecule has 1 fully saturated rings. The van der Waals surface area contributed by atoms with Crippen molar-refractivity contribution in [2.24, 2.45) is 11.8 Å². The van der Waals surface area contributed by atoms with Gasteiger partial charge >= 0.3 is 0 Å². The second kappa shape index (κ2) is 4.78. The first-order chi connectivity index (χ1) is 9.83. The maximum absolute atomic E-state index is 9.52. The number of fused-ring (bicyclic) bond motifs is 1. The monoisotopic (exact) mass is 282 g/mol. The Bertz CT molecular complexity index is 624. The van der Waals surface area contributed by atoms with Crippen molar-refractivity contribution in [2.75, 3.05) is 0 Å². The van der Waals surface area contributed by atoms with Crippen molar-refractivity contribution in [1.29, 1.82) is 0 Å². The highest BCUT2D eigenvalue weighted by molar-refractivity contribution is 7.11. The van der Waals surface area contributed by atoms with Crippen LogP contribution in [0, 0.1) is 11.8 Å². The molecule has 2 aliphatic rings. The number of phenolic OH excluding ortho intramolecular Hbond substituents is 1. The Balaban J connectivity index is 1.78. The molecule has 1 aromatic heterocycles. The molecule has 1 N–H and O–H groups in total. The van der Waals surface area contributed by atoms with E-state index in [-0.39, 0.29) is 0 Å². The quantitative estimate of drug-likeness (QED) is 0.817. The molecular weight excluding hydrogens is 264 g/mol. The van der Waals surface area contributed by atoms with E-state index in [1.54, 1.807) is 0 Å². The van der Waals surface area contributed by atoms with Gasteiger partial charge in [-0.15, -0.1) is 11.3 Å². The number of phenols is 1. The molecule has 4 rings (SSSR count). The lowest BCUT2D eigenvalue weighted by Gasteiger charge is -2.22. The highest BCUT2D eigenvalue weighted by Crippen LogP contribution is 2.55. The minimum Gasteiger partial charge on any atom is -0.508 e. The van der Waals surface area contributed by atoms with E-state index < -0.39 is 0 Å². The fourth-order valence-electron chi connectivity index (χ4n) is 3.99. The predicted molar refractivity (Wildman–Crippen MR) is 84.0 cm³/mol. The molecule has 2 heteroatoms. The summed E-state index contributed by atoms with van der Waals surface area (Å²) >= 11 is 1.84. The Morgan fingerprint density at radius 3 is 2.65 bits per heavy atom. The summed E-state index contributed by atoms with van der Waals surface area (Å²) in [4.78, 5) is 1.41. The molecule has 2 aliphatic carbocycles. The summed E-state index contributed by atoms with van der Waals surface area (Å²) in [5.41, 5.74) is 2.87. The number of benzene rings is 1. The predicted octanol–water partition coefficient (Wildman–Crippen LogP) is 5.05. The summed E-state index contributed by atoms with van der Waals surface area (Å²) < 4.78 is 0. The van der Waals surface area contributed by atoms with E-state index in [9.17, 15) is 5.11 Å². The summed E-state index contributed by atoms with van der Waals surface area (Å²) in [6.45, 7) is 0. The van der Waals surface area contributed by atoms with E-state index in [0.717, 1.165) is 11.8 Å². The molecular formula is C18H18OS. The fraction of sp³-hybridized carbons (Fsp3) is 0.333. The zero-order chi connectivity index (χ0) is 13.5. The SMILES string of the molecule is Oc1ccc(C2C(c3cccs3)=CC3CCCC32)cc1. The molecule has 0 spiro atoms. The summed E-state index contributed by atoms with van der Waals surface area (Å²) in [6.07, 6.45) is 6.56. The second-order valence-corrected chi connectivity index (χ2v) is 6.87. The third-order valence-electron chi connectivity index (χ3n) is 4.84. The van der Waals surface area contributed by atoms with Crippen molar-refractivity contribution in [1.82, 2.24) is 0 Å². The van der Waals surface area contributed by atoms with Gasteiger partial charge in [-0.1, -0.05) is 30.7 Å². The number of thiophene rings is 1. The van der Waals surface area contributed by atoms with Crippen molar-refractivity contribution >= 4 is 16.9 Å². The Hall–Kier alpha value is -1.54. The molecule has 3 unspecified atom stereocenters. The minimum absolute atomic E-state index is 0.358. The van der Waals surface area contributed by atoms with Gasteiger partial charge in [-0.2, -0.15) is 0 Å².